The number of amides is 3. The molecular weight excluding hydrogens is 240 g/mol. The third kappa shape index (κ3) is 4.70. The molecule has 1 aliphatic heterocycles. The van der Waals surface area contributed by atoms with E-state index in [0.29, 0.717) is 13.1 Å². The van der Waals surface area contributed by atoms with E-state index in [-0.39, 0.29) is 5.41 Å². The highest BCUT2D eigenvalue weighted by Crippen LogP contribution is 2.28. The molecule has 1 heterocycles. The second kappa shape index (κ2) is 5.81. The fraction of sp³-hybridized carbons (Fsp3) is 0.727. The van der Waals surface area contributed by atoms with Crippen molar-refractivity contribution in [2.75, 3.05) is 26.3 Å². The molecule has 1 saturated heterocycles. The van der Waals surface area contributed by atoms with Gasteiger partial charge in [-0.05, 0) is 11.8 Å². The number of carboxylic acids is 1. The van der Waals surface area contributed by atoms with Gasteiger partial charge in [0.2, 0.25) is 0 Å². The molecule has 102 valence electrons. The summed E-state index contributed by atoms with van der Waals surface area (Å²) in [5.41, 5.74) is 0.0696. The van der Waals surface area contributed by atoms with Gasteiger partial charge in [-0.3, -0.25) is 10.1 Å². The summed E-state index contributed by atoms with van der Waals surface area (Å²) in [6.07, 6.45) is 0.893. The molecule has 7 nitrogen and oxygen atoms in total. The van der Waals surface area contributed by atoms with E-state index in [1.165, 1.54) is 0 Å². The predicted molar refractivity (Wildman–Crippen MR) is 62.0 cm³/mol. The fourth-order valence-electron chi connectivity index (χ4n) is 1.75. The first-order valence-corrected chi connectivity index (χ1v) is 5.68. The molecular formula is C11H18N2O5. The number of carbonyl (C=O) groups is 3. The number of carbonyl (C=O) groups excluding carboxylic acids is 2. The van der Waals surface area contributed by atoms with Crippen molar-refractivity contribution in [1.82, 2.24) is 10.2 Å². The number of ether oxygens (including phenoxy) is 1. The number of aliphatic carboxylic acids is 1. The van der Waals surface area contributed by atoms with Crippen LogP contribution in [0.1, 0.15) is 20.3 Å². The number of carboxylic acid groups (broad SMARTS) is 1. The Hall–Kier alpha value is -1.63. The minimum absolute atomic E-state index is 0.0696. The normalized spacial score (nSPS) is 17.6. The van der Waals surface area contributed by atoms with E-state index < -0.39 is 31.1 Å². The summed E-state index contributed by atoms with van der Waals surface area (Å²) in [7, 11) is 0. The zero-order valence-electron chi connectivity index (χ0n) is 10.6. The number of hydrogen-bond donors (Lipinski definition) is 2. The summed E-state index contributed by atoms with van der Waals surface area (Å²) < 4.78 is 4.58. The Morgan fingerprint density at radius 2 is 2.00 bits per heavy atom. The molecule has 1 aliphatic rings. The maximum Gasteiger partial charge on any atom is 0.329 e. The van der Waals surface area contributed by atoms with Crippen molar-refractivity contribution in [3.8, 4) is 0 Å². The van der Waals surface area contributed by atoms with Crippen molar-refractivity contribution in [1.29, 1.82) is 0 Å². The van der Waals surface area contributed by atoms with Crippen LogP contribution in [0.3, 0.4) is 0 Å². The second-order valence-electron chi connectivity index (χ2n) is 5.08. The van der Waals surface area contributed by atoms with Crippen molar-refractivity contribution in [2.24, 2.45) is 5.41 Å². The van der Waals surface area contributed by atoms with Crippen LogP contribution < -0.4 is 5.32 Å². The molecule has 1 fully saturated rings. The lowest BCUT2D eigenvalue weighted by atomic mass is 9.93. The molecule has 3 amide bonds. The van der Waals surface area contributed by atoms with Crippen LogP contribution in [0.5, 0.6) is 0 Å². The first-order chi connectivity index (χ1) is 8.30. The highest BCUT2D eigenvalue weighted by Gasteiger charge is 2.32. The van der Waals surface area contributed by atoms with Crippen LogP contribution in [0.15, 0.2) is 0 Å². The largest absolute Gasteiger partial charge is 0.480 e. The van der Waals surface area contributed by atoms with E-state index in [0.717, 1.165) is 6.42 Å². The van der Waals surface area contributed by atoms with Gasteiger partial charge in [-0.15, -0.1) is 0 Å². The smallest absolute Gasteiger partial charge is 0.329 e. The highest BCUT2D eigenvalue weighted by molar-refractivity contribution is 5.95. The fourth-order valence-corrected chi connectivity index (χ4v) is 1.75. The molecule has 0 atom stereocenters. The highest BCUT2D eigenvalue weighted by atomic mass is 16.5. The van der Waals surface area contributed by atoms with E-state index >= 15 is 0 Å². The molecule has 0 saturated carbocycles. The van der Waals surface area contributed by atoms with Gasteiger partial charge in [0, 0.05) is 13.1 Å². The molecule has 0 radical (unpaired) electrons. The Labute approximate surface area is 105 Å². The predicted octanol–water partition coefficient (Wildman–Crippen LogP) is 0.0557. The number of nitrogens with zero attached hydrogens (tertiary/aromatic N) is 1. The van der Waals surface area contributed by atoms with Gasteiger partial charge in [-0.2, -0.15) is 0 Å². The summed E-state index contributed by atoms with van der Waals surface area (Å²) >= 11 is 0. The van der Waals surface area contributed by atoms with Crippen LogP contribution in [0, 0.1) is 5.41 Å². The SMILES string of the molecule is CC1(C)CCN(C(=O)NC(=O)COCC(=O)O)C1. The summed E-state index contributed by atoms with van der Waals surface area (Å²) in [6.45, 7) is 4.33. The van der Waals surface area contributed by atoms with E-state index in [2.05, 4.69) is 23.9 Å². The number of imide groups is 1. The van der Waals surface area contributed by atoms with E-state index in [4.69, 9.17) is 5.11 Å². The second-order valence-corrected chi connectivity index (χ2v) is 5.08. The first kappa shape index (κ1) is 14.4. The van der Waals surface area contributed by atoms with E-state index in [1.807, 2.05) is 0 Å². The number of nitrogens with one attached hydrogen (secondary N) is 1. The number of urea groups is 1. The lowest BCUT2D eigenvalue weighted by Gasteiger charge is -2.19. The average Bonchev–Trinajstić information content (AvgIpc) is 2.58. The van der Waals surface area contributed by atoms with Crippen LogP contribution in [-0.4, -0.2) is 54.2 Å². The van der Waals surface area contributed by atoms with E-state index in [9.17, 15) is 14.4 Å². The lowest BCUT2D eigenvalue weighted by Crippen LogP contribution is -2.43. The van der Waals surface area contributed by atoms with Gasteiger partial charge in [0.05, 0.1) is 0 Å². The molecule has 0 spiro atoms. The quantitative estimate of drug-likeness (QED) is 0.743. The minimum Gasteiger partial charge on any atom is -0.480 e. The van der Waals surface area contributed by atoms with Crippen molar-refractivity contribution in [3.63, 3.8) is 0 Å². The van der Waals surface area contributed by atoms with Crippen molar-refractivity contribution >= 4 is 17.9 Å². The van der Waals surface area contributed by atoms with Crippen LogP contribution in [0.2, 0.25) is 0 Å². The molecule has 0 aromatic rings. The van der Waals surface area contributed by atoms with Crippen LogP contribution >= 0.6 is 0 Å². The van der Waals surface area contributed by atoms with Gasteiger partial charge in [-0.1, -0.05) is 13.8 Å². The zero-order valence-corrected chi connectivity index (χ0v) is 10.6. The van der Waals surface area contributed by atoms with Gasteiger partial charge in [0.25, 0.3) is 5.91 Å². The Morgan fingerprint density at radius 1 is 1.33 bits per heavy atom. The van der Waals surface area contributed by atoms with Gasteiger partial charge in [0.15, 0.2) is 0 Å². The summed E-state index contributed by atoms with van der Waals surface area (Å²) in [4.78, 5) is 34.7. The van der Waals surface area contributed by atoms with Crippen molar-refractivity contribution in [3.05, 3.63) is 0 Å². The Balaban J connectivity index is 2.28. The molecule has 0 aromatic carbocycles. The van der Waals surface area contributed by atoms with Crippen LogP contribution in [0.4, 0.5) is 4.79 Å². The van der Waals surface area contributed by atoms with Crippen LogP contribution in [-0.2, 0) is 14.3 Å². The third-order valence-electron chi connectivity index (χ3n) is 2.67. The third-order valence-corrected chi connectivity index (χ3v) is 2.67. The first-order valence-electron chi connectivity index (χ1n) is 5.68. The van der Waals surface area contributed by atoms with Crippen LogP contribution in [0.25, 0.3) is 0 Å². The molecule has 0 aromatic heterocycles. The molecule has 2 N–H and O–H groups in total. The zero-order chi connectivity index (χ0) is 13.8. The molecule has 1 rings (SSSR count). The summed E-state index contributed by atoms with van der Waals surface area (Å²) in [5.74, 6) is -1.79. The molecule has 0 bridgehead atoms. The number of rotatable bonds is 4. The maximum atomic E-state index is 11.7. The van der Waals surface area contributed by atoms with Gasteiger partial charge in [-0.25, -0.2) is 9.59 Å². The summed E-state index contributed by atoms with van der Waals surface area (Å²) in [6, 6.07) is -0.454. The minimum atomic E-state index is -1.16. The standard InChI is InChI=1S/C11H18N2O5/c1-11(2)3-4-13(7-11)10(17)12-8(14)5-18-6-9(15)16/h3-7H2,1-2H3,(H,15,16)(H,12,14,17). The molecule has 0 unspecified atom stereocenters. The van der Waals surface area contributed by atoms with Gasteiger partial charge in [0.1, 0.15) is 13.2 Å². The molecule has 0 aliphatic carbocycles. The Bertz CT molecular complexity index is 353. The summed E-state index contributed by atoms with van der Waals surface area (Å²) in [5, 5.41) is 10.5. The van der Waals surface area contributed by atoms with Crippen molar-refractivity contribution in [2.45, 2.75) is 20.3 Å². The Morgan fingerprint density at radius 3 is 2.50 bits per heavy atom. The topological polar surface area (TPSA) is 95.9 Å². The van der Waals surface area contributed by atoms with Gasteiger partial charge >= 0.3 is 12.0 Å². The van der Waals surface area contributed by atoms with Crippen molar-refractivity contribution < 1.29 is 24.2 Å². The monoisotopic (exact) mass is 258 g/mol. The van der Waals surface area contributed by atoms with Gasteiger partial charge < -0.3 is 14.7 Å². The maximum absolute atomic E-state index is 11.7. The Kier molecular flexibility index (Phi) is 4.66. The lowest BCUT2D eigenvalue weighted by molar-refractivity contribution is -0.143. The number of hydrogen-bond acceptors (Lipinski definition) is 4. The molecule has 7 heteroatoms. The molecule has 18 heavy (non-hydrogen) atoms. The van der Waals surface area contributed by atoms with E-state index in [1.54, 1.807) is 4.90 Å². The average molecular weight is 258 g/mol. The number of likely N-dealkylation sites (tertiary alicyclic amines) is 1.